The molecule has 3 aromatic rings. The Kier molecular flexibility index (Phi) is 6.50. The Morgan fingerprint density at radius 2 is 1.39 bits per heavy atom. The molecule has 0 aromatic heterocycles. The maximum Gasteiger partial charge on any atom is 0.234 e. The van der Waals surface area contributed by atoms with Gasteiger partial charge in [0.1, 0.15) is 0 Å². The number of nitrogens with one attached hydrogen (secondary N) is 2. The molecule has 28 heavy (non-hydrogen) atoms. The van der Waals surface area contributed by atoms with Gasteiger partial charge >= 0.3 is 0 Å². The number of hydrogen-bond acceptors (Lipinski definition) is 2. The smallest absolute Gasteiger partial charge is 0.234 e. The van der Waals surface area contributed by atoms with Crippen LogP contribution in [-0.4, -0.2) is 12.5 Å². The van der Waals surface area contributed by atoms with E-state index < -0.39 is 11.6 Å². The van der Waals surface area contributed by atoms with E-state index in [1.807, 2.05) is 60.7 Å². The monoisotopic (exact) mass is 380 g/mol. The van der Waals surface area contributed by atoms with Gasteiger partial charge in [0.2, 0.25) is 5.91 Å². The van der Waals surface area contributed by atoms with Crippen LogP contribution in [0, 0.1) is 11.6 Å². The molecule has 0 saturated carbocycles. The molecule has 0 aliphatic rings. The van der Waals surface area contributed by atoms with E-state index in [0.717, 1.165) is 23.3 Å². The van der Waals surface area contributed by atoms with Crippen LogP contribution < -0.4 is 10.6 Å². The van der Waals surface area contributed by atoms with Gasteiger partial charge in [-0.2, -0.15) is 0 Å². The van der Waals surface area contributed by atoms with Crippen molar-refractivity contribution in [2.75, 3.05) is 6.54 Å². The van der Waals surface area contributed by atoms with Gasteiger partial charge in [-0.25, -0.2) is 8.78 Å². The number of benzene rings is 3. The summed E-state index contributed by atoms with van der Waals surface area (Å²) in [7, 11) is 0. The second kappa shape index (κ2) is 9.24. The Morgan fingerprint density at radius 3 is 1.93 bits per heavy atom. The highest BCUT2D eigenvalue weighted by Crippen LogP contribution is 2.21. The van der Waals surface area contributed by atoms with Gasteiger partial charge < -0.3 is 10.6 Å². The van der Waals surface area contributed by atoms with Gasteiger partial charge in [-0.1, -0.05) is 66.7 Å². The van der Waals surface area contributed by atoms with Gasteiger partial charge in [0.25, 0.3) is 0 Å². The first-order valence-corrected chi connectivity index (χ1v) is 9.12. The van der Waals surface area contributed by atoms with Gasteiger partial charge in [-0.05, 0) is 35.7 Å². The first-order valence-electron chi connectivity index (χ1n) is 9.12. The summed E-state index contributed by atoms with van der Waals surface area (Å²) >= 11 is 0. The number of hydrogen-bond donors (Lipinski definition) is 2. The minimum Gasteiger partial charge on any atom is -0.344 e. The van der Waals surface area contributed by atoms with Crippen molar-refractivity contribution in [3.8, 4) is 0 Å². The summed E-state index contributed by atoms with van der Waals surface area (Å²) < 4.78 is 26.5. The largest absolute Gasteiger partial charge is 0.344 e. The zero-order valence-corrected chi connectivity index (χ0v) is 15.5. The molecule has 0 bridgehead atoms. The third kappa shape index (κ3) is 5.02. The van der Waals surface area contributed by atoms with Gasteiger partial charge in [0.15, 0.2) is 11.6 Å². The molecule has 0 radical (unpaired) electrons. The topological polar surface area (TPSA) is 41.1 Å². The summed E-state index contributed by atoms with van der Waals surface area (Å²) in [6, 6.07) is 22.6. The molecule has 2 N–H and O–H groups in total. The van der Waals surface area contributed by atoms with Crippen LogP contribution in [0.5, 0.6) is 0 Å². The van der Waals surface area contributed by atoms with Crippen LogP contribution in [-0.2, 0) is 4.79 Å². The lowest BCUT2D eigenvalue weighted by atomic mass is 9.99. The molecule has 1 amide bonds. The second-order valence-corrected chi connectivity index (χ2v) is 6.60. The van der Waals surface area contributed by atoms with Crippen LogP contribution in [0.15, 0.2) is 78.9 Å². The van der Waals surface area contributed by atoms with Crippen molar-refractivity contribution in [3.63, 3.8) is 0 Å². The quantitative estimate of drug-likeness (QED) is 0.633. The molecule has 0 heterocycles. The van der Waals surface area contributed by atoms with Crippen LogP contribution in [0.3, 0.4) is 0 Å². The minimum absolute atomic E-state index is 0.0519. The Balaban J connectivity index is 1.66. The Bertz CT molecular complexity index is 877. The Labute approximate surface area is 163 Å². The summed E-state index contributed by atoms with van der Waals surface area (Å²) in [5.74, 6) is -1.97. The molecule has 3 nitrogen and oxygen atoms in total. The number of halogens is 2. The molecule has 144 valence electrons. The fraction of sp³-hybridized carbons (Fsp3) is 0.174. The van der Waals surface area contributed by atoms with Crippen LogP contribution >= 0.6 is 0 Å². The molecule has 0 saturated heterocycles. The van der Waals surface area contributed by atoms with E-state index in [9.17, 15) is 13.6 Å². The van der Waals surface area contributed by atoms with Crippen LogP contribution in [0.4, 0.5) is 8.78 Å². The minimum atomic E-state index is -0.899. The highest BCUT2D eigenvalue weighted by molar-refractivity contribution is 5.79. The molecule has 0 fully saturated rings. The predicted molar refractivity (Wildman–Crippen MR) is 106 cm³/mol. The van der Waals surface area contributed by atoms with Gasteiger partial charge in [-0.15, -0.1) is 0 Å². The lowest BCUT2D eigenvalue weighted by Crippen LogP contribution is -2.37. The van der Waals surface area contributed by atoms with E-state index >= 15 is 0 Å². The molecule has 0 unspecified atom stereocenters. The fourth-order valence-electron chi connectivity index (χ4n) is 3.01. The maximum absolute atomic E-state index is 13.4. The number of rotatable bonds is 7. The van der Waals surface area contributed by atoms with E-state index in [4.69, 9.17) is 0 Å². The van der Waals surface area contributed by atoms with Crippen molar-refractivity contribution < 1.29 is 13.6 Å². The number of carbonyl (C=O) groups is 1. The first-order chi connectivity index (χ1) is 13.5. The van der Waals surface area contributed by atoms with E-state index in [2.05, 4.69) is 10.6 Å². The van der Waals surface area contributed by atoms with E-state index in [1.54, 1.807) is 6.92 Å². The van der Waals surface area contributed by atoms with E-state index in [-0.39, 0.29) is 24.5 Å². The van der Waals surface area contributed by atoms with Crippen molar-refractivity contribution in [1.82, 2.24) is 10.6 Å². The highest BCUT2D eigenvalue weighted by atomic mass is 19.2. The van der Waals surface area contributed by atoms with Gasteiger partial charge in [0.05, 0.1) is 12.6 Å². The average Bonchev–Trinajstić information content (AvgIpc) is 2.73. The van der Waals surface area contributed by atoms with Crippen molar-refractivity contribution in [3.05, 3.63) is 107 Å². The zero-order chi connectivity index (χ0) is 19.9. The predicted octanol–water partition coefficient (Wildman–Crippen LogP) is 4.52. The SMILES string of the molecule is C[C@@H](NCC(=O)NC(c1ccccc1)c1ccccc1)c1ccc(F)c(F)c1. The molecule has 3 rings (SSSR count). The molecule has 0 aliphatic carbocycles. The summed E-state index contributed by atoms with van der Waals surface area (Å²) in [5, 5.41) is 6.09. The van der Waals surface area contributed by atoms with Gasteiger partial charge in [-0.3, -0.25) is 4.79 Å². The lowest BCUT2D eigenvalue weighted by molar-refractivity contribution is -0.120. The maximum atomic E-state index is 13.4. The third-order valence-corrected chi connectivity index (χ3v) is 4.58. The van der Waals surface area contributed by atoms with Crippen LogP contribution in [0.25, 0.3) is 0 Å². The molecule has 5 heteroatoms. The molecule has 1 atom stereocenters. The zero-order valence-electron chi connectivity index (χ0n) is 15.5. The fourth-order valence-corrected chi connectivity index (χ4v) is 3.01. The molecule has 3 aromatic carbocycles. The molecular formula is C23H22F2N2O. The number of amides is 1. The molecule has 0 aliphatic heterocycles. The Morgan fingerprint density at radius 1 is 0.821 bits per heavy atom. The lowest BCUT2D eigenvalue weighted by Gasteiger charge is -2.21. The first kappa shape index (κ1) is 19.7. The van der Waals surface area contributed by atoms with Crippen molar-refractivity contribution in [1.29, 1.82) is 0 Å². The average molecular weight is 380 g/mol. The normalized spacial score (nSPS) is 12.0. The summed E-state index contributed by atoms with van der Waals surface area (Å²) in [6.45, 7) is 1.85. The summed E-state index contributed by atoms with van der Waals surface area (Å²) in [5.41, 5.74) is 2.54. The van der Waals surface area contributed by atoms with Gasteiger partial charge in [0, 0.05) is 6.04 Å². The van der Waals surface area contributed by atoms with E-state index in [0.29, 0.717) is 5.56 Å². The third-order valence-electron chi connectivity index (χ3n) is 4.58. The standard InChI is InChI=1S/C23H22F2N2O/c1-16(19-12-13-20(24)21(25)14-19)26-15-22(28)27-23(17-8-4-2-5-9-17)18-10-6-3-7-11-18/h2-14,16,23,26H,15H2,1H3,(H,27,28)/t16-/m1/s1. The van der Waals surface area contributed by atoms with Crippen LogP contribution in [0.2, 0.25) is 0 Å². The molecule has 0 spiro atoms. The summed E-state index contributed by atoms with van der Waals surface area (Å²) in [6.07, 6.45) is 0. The van der Waals surface area contributed by atoms with Crippen LogP contribution in [0.1, 0.15) is 35.7 Å². The summed E-state index contributed by atoms with van der Waals surface area (Å²) in [4.78, 5) is 12.5. The highest BCUT2D eigenvalue weighted by Gasteiger charge is 2.17. The molecular weight excluding hydrogens is 358 g/mol. The second-order valence-electron chi connectivity index (χ2n) is 6.60. The Hall–Kier alpha value is -3.05. The van der Waals surface area contributed by atoms with Crippen molar-refractivity contribution >= 4 is 5.91 Å². The van der Waals surface area contributed by atoms with Crippen molar-refractivity contribution in [2.45, 2.75) is 19.0 Å². The number of carbonyl (C=O) groups excluding carboxylic acids is 1. The van der Waals surface area contributed by atoms with Crippen molar-refractivity contribution in [2.24, 2.45) is 0 Å². The van der Waals surface area contributed by atoms with E-state index in [1.165, 1.54) is 6.07 Å².